The van der Waals surface area contributed by atoms with Gasteiger partial charge >= 0.3 is 39.5 Å². The highest BCUT2D eigenvalue weighted by Crippen LogP contribution is 2.45. The predicted molar refractivity (Wildman–Crippen MR) is 367 cm³/mol. The average molecular weight is 1340 g/mol. The van der Waals surface area contributed by atoms with Crippen LogP contribution in [-0.2, 0) is 65.4 Å². The molecule has 0 saturated heterocycles. The highest BCUT2D eigenvalue weighted by atomic mass is 31.2. The molecule has 0 aromatic rings. The van der Waals surface area contributed by atoms with Crippen LogP contribution >= 0.6 is 15.6 Å². The molecule has 91 heavy (non-hydrogen) atoms. The lowest BCUT2D eigenvalue weighted by Crippen LogP contribution is -2.30. The van der Waals surface area contributed by atoms with Crippen molar-refractivity contribution in [3.8, 4) is 0 Å². The number of ether oxygens (including phenoxy) is 4. The third kappa shape index (κ3) is 63.4. The van der Waals surface area contributed by atoms with E-state index in [1.54, 1.807) is 0 Å². The van der Waals surface area contributed by atoms with Crippen LogP contribution in [0, 0.1) is 11.8 Å². The second kappa shape index (κ2) is 63.6. The van der Waals surface area contributed by atoms with Crippen molar-refractivity contribution < 1.29 is 80.2 Å². The molecule has 7 atom stereocenters. The van der Waals surface area contributed by atoms with Gasteiger partial charge in [0, 0.05) is 25.7 Å². The number of unbranched alkanes of at least 4 members (excludes halogenated alkanes) is 34. The van der Waals surface area contributed by atoms with E-state index < -0.39 is 97.5 Å². The van der Waals surface area contributed by atoms with Crippen LogP contribution in [0.4, 0.5) is 0 Å². The van der Waals surface area contributed by atoms with Crippen LogP contribution in [0.15, 0.2) is 24.3 Å². The summed E-state index contributed by atoms with van der Waals surface area (Å²) in [6.45, 7) is 9.47. The Balaban J connectivity index is 5.25. The maximum Gasteiger partial charge on any atom is 0.472 e. The van der Waals surface area contributed by atoms with Gasteiger partial charge in [0.25, 0.3) is 0 Å². The lowest BCUT2D eigenvalue weighted by atomic mass is 9.99. The molecule has 0 rings (SSSR count). The summed E-state index contributed by atoms with van der Waals surface area (Å²) < 4.78 is 68.2. The number of allylic oxidation sites excluding steroid dienone is 4. The zero-order chi connectivity index (χ0) is 67.2. The van der Waals surface area contributed by atoms with Crippen molar-refractivity contribution in [2.75, 3.05) is 39.6 Å². The molecule has 0 heterocycles. The van der Waals surface area contributed by atoms with E-state index in [9.17, 15) is 43.2 Å². The summed E-state index contributed by atoms with van der Waals surface area (Å²) in [5.41, 5.74) is 0. The number of aliphatic hydroxyl groups is 1. The van der Waals surface area contributed by atoms with Gasteiger partial charge in [0.15, 0.2) is 12.2 Å². The van der Waals surface area contributed by atoms with E-state index in [0.717, 1.165) is 127 Å². The number of phosphoric ester groups is 2. The van der Waals surface area contributed by atoms with E-state index in [2.05, 4.69) is 65.8 Å². The molecule has 0 spiro atoms. The Morgan fingerprint density at radius 2 is 0.615 bits per heavy atom. The molecule has 0 bridgehead atoms. The number of carbonyl (C=O) groups is 4. The molecule has 0 amide bonds. The lowest BCUT2D eigenvalue weighted by molar-refractivity contribution is -0.161. The Bertz CT molecular complexity index is 1870. The molecule has 0 aliphatic heterocycles. The summed E-state index contributed by atoms with van der Waals surface area (Å²) >= 11 is 0. The molecule has 0 aliphatic carbocycles. The van der Waals surface area contributed by atoms with Gasteiger partial charge in [-0.1, -0.05) is 291 Å². The molecule has 0 aromatic heterocycles. The average Bonchev–Trinajstić information content (AvgIpc) is 3.74. The normalized spacial score (nSPS) is 14.9. The minimum Gasteiger partial charge on any atom is -0.462 e. The molecule has 0 radical (unpaired) electrons. The second-order valence-electron chi connectivity index (χ2n) is 25.8. The predicted octanol–water partition coefficient (Wildman–Crippen LogP) is 20.3. The van der Waals surface area contributed by atoms with Gasteiger partial charge in [-0.2, -0.15) is 0 Å². The topological polar surface area (TPSA) is 237 Å². The van der Waals surface area contributed by atoms with E-state index >= 15 is 0 Å². The van der Waals surface area contributed by atoms with Crippen molar-refractivity contribution >= 4 is 39.5 Å². The number of rotatable bonds is 69. The zero-order valence-corrected chi connectivity index (χ0v) is 60.4. The fourth-order valence-corrected chi connectivity index (χ4v) is 11.9. The minimum atomic E-state index is -4.96. The van der Waals surface area contributed by atoms with Crippen molar-refractivity contribution in [3.05, 3.63) is 24.3 Å². The zero-order valence-electron chi connectivity index (χ0n) is 58.6. The third-order valence-electron chi connectivity index (χ3n) is 16.8. The molecule has 0 saturated carbocycles. The first-order valence-electron chi connectivity index (χ1n) is 36.9. The number of carbonyl (C=O) groups excluding carboxylic acids is 4. The van der Waals surface area contributed by atoms with Crippen LogP contribution < -0.4 is 0 Å². The minimum absolute atomic E-state index is 0.100. The first-order chi connectivity index (χ1) is 43.9. The van der Waals surface area contributed by atoms with Crippen molar-refractivity contribution in [3.63, 3.8) is 0 Å². The standard InChI is InChI=1S/C72H136O17P2/c1-7-11-13-15-17-19-20-21-22-26-29-32-36-43-49-55-70(75)83-60-67(88-71(76)56-50-44-37-33-30-27-24-23-25-28-31-34-40-46-52-64(5)9-3)62-86-90(78,79)84-58-66(73)59-85-91(80,81)87-63-68(61-82-69(74)54-48-42-35-18-16-14-12-8-2)89-72(77)57-51-45-39-38-41-47-53-65(6)10-4/h19-22,64-68,73H,7-18,23-63H2,1-6H3,(H,78,79)(H,80,81)/b20-19-,22-21-/t64?,65?,66-,67-,68-/m1/s1. The highest BCUT2D eigenvalue weighted by Gasteiger charge is 2.30. The fourth-order valence-electron chi connectivity index (χ4n) is 10.3. The molecular weight excluding hydrogens is 1200 g/mol. The molecule has 3 N–H and O–H groups in total. The van der Waals surface area contributed by atoms with Crippen LogP contribution in [0.3, 0.4) is 0 Å². The molecule has 0 fully saturated rings. The van der Waals surface area contributed by atoms with Gasteiger partial charge in [0.1, 0.15) is 19.3 Å². The Hall–Kier alpha value is -2.46. The van der Waals surface area contributed by atoms with E-state index in [4.69, 9.17) is 37.0 Å². The summed E-state index contributed by atoms with van der Waals surface area (Å²) in [6, 6.07) is 0. The van der Waals surface area contributed by atoms with Crippen LogP contribution in [0.1, 0.15) is 343 Å². The quantitative estimate of drug-likeness (QED) is 0.0169. The molecule has 19 heteroatoms. The van der Waals surface area contributed by atoms with Crippen LogP contribution in [-0.4, -0.2) is 96.7 Å². The number of phosphoric acid groups is 2. The maximum absolute atomic E-state index is 13.0. The SMILES string of the molecule is CCCCCC/C=C\C=C/CCCCCCCC(=O)OC[C@H](COP(=O)(O)OC[C@@H](O)COP(=O)(O)OC[C@@H](COC(=O)CCCCCCCCCC)OC(=O)CCCCCCCCC(C)CC)OC(=O)CCCCCCCCCCCCCCCCC(C)CC. The van der Waals surface area contributed by atoms with Crippen LogP contribution in [0.5, 0.6) is 0 Å². The van der Waals surface area contributed by atoms with Gasteiger partial charge in [-0.3, -0.25) is 37.3 Å². The van der Waals surface area contributed by atoms with E-state index in [-0.39, 0.29) is 25.7 Å². The van der Waals surface area contributed by atoms with Crippen LogP contribution in [0.2, 0.25) is 0 Å². The second-order valence-corrected chi connectivity index (χ2v) is 28.7. The highest BCUT2D eigenvalue weighted by molar-refractivity contribution is 7.47. The summed E-state index contributed by atoms with van der Waals surface area (Å²) in [4.78, 5) is 72.5. The van der Waals surface area contributed by atoms with Gasteiger partial charge in [0.05, 0.1) is 26.4 Å². The fraction of sp³-hybridized carbons (Fsp3) is 0.889. The number of hydrogen-bond acceptors (Lipinski definition) is 15. The third-order valence-corrected chi connectivity index (χ3v) is 18.7. The Morgan fingerprint density at radius 1 is 0.352 bits per heavy atom. The molecule has 17 nitrogen and oxygen atoms in total. The Kier molecular flexibility index (Phi) is 61.9. The van der Waals surface area contributed by atoms with E-state index in [0.29, 0.717) is 25.7 Å². The number of esters is 4. The van der Waals surface area contributed by atoms with Crippen LogP contribution in [0.25, 0.3) is 0 Å². The number of aliphatic hydroxyl groups excluding tert-OH is 1. The Labute approximate surface area is 554 Å². The van der Waals surface area contributed by atoms with E-state index in [1.165, 1.54) is 135 Å². The summed E-state index contributed by atoms with van der Waals surface area (Å²) in [5.74, 6) is -0.595. The van der Waals surface area contributed by atoms with Gasteiger partial charge < -0.3 is 33.8 Å². The van der Waals surface area contributed by atoms with Crippen molar-refractivity contribution in [1.29, 1.82) is 0 Å². The number of hydrogen-bond donors (Lipinski definition) is 3. The smallest absolute Gasteiger partial charge is 0.462 e. The van der Waals surface area contributed by atoms with Gasteiger partial charge in [0.2, 0.25) is 0 Å². The lowest BCUT2D eigenvalue weighted by Gasteiger charge is -2.21. The van der Waals surface area contributed by atoms with Crippen molar-refractivity contribution in [2.24, 2.45) is 11.8 Å². The van der Waals surface area contributed by atoms with Crippen molar-refractivity contribution in [2.45, 2.75) is 362 Å². The van der Waals surface area contributed by atoms with Gasteiger partial charge in [-0.05, 0) is 63.2 Å². The summed E-state index contributed by atoms with van der Waals surface area (Å²) in [5, 5.41) is 10.6. The summed E-state index contributed by atoms with van der Waals surface area (Å²) in [6.07, 6.45) is 52.2. The summed E-state index contributed by atoms with van der Waals surface area (Å²) in [7, 11) is -9.91. The monoisotopic (exact) mass is 1330 g/mol. The largest absolute Gasteiger partial charge is 0.472 e. The van der Waals surface area contributed by atoms with Gasteiger partial charge in [-0.25, -0.2) is 9.13 Å². The molecule has 0 aliphatic rings. The van der Waals surface area contributed by atoms with Gasteiger partial charge in [-0.15, -0.1) is 0 Å². The molecule has 0 aromatic carbocycles. The first kappa shape index (κ1) is 88.5. The maximum atomic E-state index is 13.0. The molecular formula is C72H136O17P2. The molecule has 536 valence electrons. The van der Waals surface area contributed by atoms with Crippen molar-refractivity contribution in [1.82, 2.24) is 0 Å². The molecule has 4 unspecified atom stereocenters. The van der Waals surface area contributed by atoms with E-state index in [1.807, 2.05) is 0 Å². The Morgan fingerprint density at radius 3 is 0.934 bits per heavy atom. The first-order valence-corrected chi connectivity index (χ1v) is 39.9.